The highest BCUT2D eigenvalue weighted by atomic mass is 16.4. The van der Waals surface area contributed by atoms with E-state index in [4.69, 9.17) is 5.11 Å². The Hall–Kier alpha value is -3.24. The topological polar surface area (TPSA) is 70.4 Å². The van der Waals surface area contributed by atoms with Gasteiger partial charge in [0.05, 0.1) is 17.7 Å². The molecule has 0 bridgehead atoms. The van der Waals surface area contributed by atoms with Crippen LogP contribution in [0, 0.1) is 6.92 Å². The molecule has 0 aliphatic carbocycles. The summed E-state index contributed by atoms with van der Waals surface area (Å²) in [7, 11) is 0. The van der Waals surface area contributed by atoms with E-state index in [1.54, 1.807) is 6.20 Å². The van der Waals surface area contributed by atoms with Crippen LogP contribution in [0.4, 0.5) is 0 Å². The fourth-order valence-electron chi connectivity index (χ4n) is 4.96. The Bertz CT molecular complexity index is 1190. The summed E-state index contributed by atoms with van der Waals surface area (Å²) >= 11 is 0. The molecule has 3 rings (SSSR count). The van der Waals surface area contributed by atoms with Crippen LogP contribution in [-0.2, 0) is 16.6 Å². The van der Waals surface area contributed by atoms with Crippen molar-refractivity contribution >= 4 is 12.0 Å². The molecule has 0 fully saturated rings. The summed E-state index contributed by atoms with van der Waals surface area (Å²) in [6.45, 7) is 10.6. The van der Waals surface area contributed by atoms with E-state index in [2.05, 4.69) is 74.3 Å². The van der Waals surface area contributed by atoms with E-state index in [0.29, 0.717) is 18.4 Å². The Kier molecular flexibility index (Phi) is 8.86. The number of pyridine rings is 1. The second kappa shape index (κ2) is 11.7. The second-order valence-electron chi connectivity index (χ2n) is 9.70. The maximum Gasteiger partial charge on any atom is 0.307 e. The molecular weight excluding hydrogens is 446 g/mol. The highest BCUT2D eigenvalue weighted by Gasteiger charge is 2.31. The zero-order chi connectivity index (χ0) is 26.3. The number of aromatic nitrogens is 1. The van der Waals surface area contributed by atoms with Gasteiger partial charge in [-0.3, -0.25) is 9.78 Å². The van der Waals surface area contributed by atoms with Gasteiger partial charge >= 0.3 is 5.97 Å². The molecule has 0 radical (unpaired) electrons. The van der Waals surface area contributed by atoms with E-state index in [0.717, 1.165) is 29.7 Å². The first-order chi connectivity index (χ1) is 17.2. The number of hydrogen-bond acceptors (Lipinski definition) is 3. The SMILES string of the molecule is CCC(O)(C=Cc1ccc(C(CC)(CC)c2ccc(-c3ccc(CC(=O)O)cn3)cc2)cc1C)CC. The zero-order valence-corrected chi connectivity index (χ0v) is 22.2. The number of carbonyl (C=O) groups is 1. The molecule has 0 unspecified atom stereocenters. The quantitative estimate of drug-likeness (QED) is 0.298. The van der Waals surface area contributed by atoms with Crippen LogP contribution in [0.5, 0.6) is 0 Å². The Labute approximate surface area is 215 Å². The zero-order valence-electron chi connectivity index (χ0n) is 22.2. The Morgan fingerprint density at radius 2 is 1.53 bits per heavy atom. The average Bonchev–Trinajstić information content (AvgIpc) is 2.89. The number of carboxylic acid groups (broad SMARTS) is 1. The Morgan fingerprint density at radius 3 is 2.03 bits per heavy atom. The lowest BCUT2D eigenvalue weighted by molar-refractivity contribution is -0.136. The van der Waals surface area contributed by atoms with Gasteiger partial charge in [-0.2, -0.15) is 0 Å². The molecule has 2 aromatic carbocycles. The lowest BCUT2D eigenvalue weighted by atomic mass is 9.70. The van der Waals surface area contributed by atoms with E-state index in [1.807, 2.05) is 32.1 Å². The number of rotatable bonds is 11. The van der Waals surface area contributed by atoms with Crippen molar-refractivity contribution < 1.29 is 15.0 Å². The molecule has 4 heteroatoms. The van der Waals surface area contributed by atoms with Crippen molar-refractivity contribution in [2.45, 2.75) is 77.7 Å². The smallest absolute Gasteiger partial charge is 0.307 e. The van der Waals surface area contributed by atoms with Crippen molar-refractivity contribution in [2.75, 3.05) is 0 Å². The van der Waals surface area contributed by atoms with Crippen molar-refractivity contribution in [3.8, 4) is 11.3 Å². The van der Waals surface area contributed by atoms with Crippen LogP contribution in [0.1, 0.15) is 81.2 Å². The summed E-state index contributed by atoms with van der Waals surface area (Å²) in [5.41, 5.74) is 6.59. The molecule has 1 heterocycles. The van der Waals surface area contributed by atoms with Gasteiger partial charge in [0.2, 0.25) is 0 Å². The Balaban J connectivity index is 1.91. The van der Waals surface area contributed by atoms with E-state index in [-0.39, 0.29) is 11.8 Å². The number of aliphatic carboxylic acids is 1. The summed E-state index contributed by atoms with van der Waals surface area (Å²) in [4.78, 5) is 15.4. The minimum atomic E-state index is -0.855. The third kappa shape index (κ3) is 5.93. The minimum absolute atomic E-state index is 0.0200. The summed E-state index contributed by atoms with van der Waals surface area (Å²) in [5.74, 6) is -0.855. The fourth-order valence-corrected chi connectivity index (χ4v) is 4.96. The van der Waals surface area contributed by atoms with E-state index in [9.17, 15) is 9.90 Å². The standard InChI is InChI=1S/C32H39NO3/c1-6-31(36,7-2)19-18-25-11-16-28(20-23(25)5)32(8-3,9-4)27-14-12-26(13-15-27)29-17-10-24(22-33-29)21-30(34)35/h10-20,22,36H,6-9,21H2,1-5H3,(H,34,35). The van der Waals surface area contributed by atoms with Crippen LogP contribution >= 0.6 is 0 Å². The third-order valence-electron chi connectivity index (χ3n) is 7.74. The van der Waals surface area contributed by atoms with Crippen LogP contribution in [-0.4, -0.2) is 26.8 Å². The third-order valence-corrected chi connectivity index (χ3v) is 7.74. The fraction of sp³-hybridized carbons (Fsp3) is 0.375. The molecule has 2 N–H and O–H groups in total. The largest absolute Gasteiger partial charge is 0.481 e. The lowest BCUT2D eigenvalue weighted by Crippen LogP contribution is -2.26. The summed E-state index contributed by atoms with van der Waals surface area (Å²) in [5, 5.41) is 19.6. The van der Waals surface area contributed by atoms with Crippen molar-refractivity contribution in [3.63, 3.8) is 0 Å². The molecule has 0 saturated carbocycles. The highest BCUT2D eigenvalue weighted by molar-refractivity contribution is 5.70. The van der Waals surface area contributed by atoms with Gasteiger partial charge in [-0.1, -0.05) is 88.4 Å². The number of benzene rings is 2. The van der Waals surface area contributed by atoms with Gasteiger partial charge in [0.1, 0.15) is 0 Å². The Morgan fingerprint density at radius 1 is 0.889 bits per heavy atom. The van der Waals surface area contributed by atoms with Crippen molar-refractivity contribution in [1.29, 1.82) is 0 Å². The molecule has 0 amide bonds. The molecule has 190 valence electrons. The molecular formula is C32H39NO3. The summed E-state index contributed by atoms with van der Waals surface area (Å²) in [6, 6.07) is 19.0. The van der Waals surface area contributed by atoms with Gasteiger partial charge in [-0.05, 0) is 66.5 Å². The predicted octanol–water partition coefficient (Wildman–Crippen LogP) is 7.35. The number of carboxylic acids is 1. The van der Waals surface area contributed by atoms with Crippen LogP contribution in [0.15, 0.2) is 66.9 Å². The molecule has 0 spiro atoms. The van der Waals surface area contributed by atoms with Crippen molar-refractivity contribution in [3.05, 3.63) is 94.7 Å². The predicted molar refractivity (Wildman–Crippen MR) is 148 cm³/mol. The summed E-state index contributed by atoms with van der Waals surface area (Å²) in [6.07, 6.45) is 8.95. The van der Waals surface area contributed by atoms with Crippen LogP contribution in [0.3, 0.4) is 0 Å². The number of nitrogens with zero attached hydrogens (tertiary/aromatic N) is 1. The van der Waals surface area contributed by atoms with Crippen LogP contribution < -0.4 is 0 Å². The van der Waals surface area contributed by atoms with Gasteiger partial charge in [-0.25, -0.2) is 0 Å². The monoisotopic (exact) mass is 485 g/mol. The molecule has 3 aromatic rings. The molecule has 0 aliphatic rings. The van der Waals surface area contributed by atoms with Crippen molar-refractivity contribution in [2.24, 2.45) is 0 Å². The van der Waals surface area contributed by atoms with Gasteiger partial charge in [0.15, 0.2) is 0 Å². The molecule has 4 nitrogen and oxygen atoms in total. The highest BCUT2D eigenvalue weighted by Crippen LogP contribution is 2.40. The second-order valence-corrected chi connectivity index (χ2v) is 9.70. The molecule has 1 aromatic heterocycles. The van der Waals surface area contributed by atoms with Gasteiger partial charge in [0, 0.05) is 17.2 Å². The minimum Gasteiger partial charge on any atom is -0.481 e. The van der Waals surface area contributed by atoms with E-state index >= 15 is 0 Å². The van der Waals surface area contributed by atoms with Crippen molar-refractivity contribution in [1.82, 2.24) is 4.98 Å². The van der Waals surface area contributed by atoms with Crippen LogP contribution in [0.2, 0.25) is 0 Å². The lowest BCUT2D eigenvalue weighted by Gasteiger charge is -2.34. The molecule has 36 heavy (non-hydrogen) atoms. The first-order valence-electron chi connectivity index (χ1n) is 13.0. The maximum absolute atomic E-state index is 10.9. The normalized spacial score (nSPS) is 12.3. The molecule has 0 atom stereocenters. The number of aliphatic hydroxyl groups is 1. The van der Waals surface area contributed by atoms with Crippen LogP contribution in [0.25, 0.3) is 17.3 Å². The van der Waals surface area contributed by atoms with E-state index in [1.165, 1.54) is 16.7 Å². The summed E-state index contributed by atoms with van der Waals surface area (Å²) < 4.78 is 0. The first-order valence-corrected chi connectivity index (χ1v) is 13.0. The molecule has 0 aliphatic heterocycles. The molecule has 0 saturated heterocycles. The van der Waals surface area contributed by atoms with Gasteiger partial charge < -0.3 is 10.2 Å². The van der Waals surface area contributed by atoms with Gasteiger partial charge in [0.25, 0.3) is 0 Å². The maximum atomic E-state index is 10.9. The average molecular weight is 486 g/mol. The van der Waals surface area contributed by atoms with Gasteiger partial charge in [-0.15, -0.1) is 0 Å². The first kappa shape index (κ1) is 27.3. The number of hydrogen-bond donors (Lipinski definition) is 2. The van der Waals surface area contributed by atoms with E-state index < -0.39 is 11.6 Å². The number of aryl methyl sites for hydroxylation is 1.